The summed E-state index contributed by atoms with van der Waals surface area (Å²) < 4.78 is 20.9. The Morgan fingerprint density at radius 1 is 0.867 bits per heavy atom. The van der Waals surface area contributed by atoms with Crippen LogP contribution >= 0.6 is 0 Å². The van der Waals surface area contributed by atoms with Crippen LogP contribution in [-0.2, 0) is 38.5 Å². The normalized spacial score (nSPS) is 11.2. The van der Waals surface area contributed by atoms with Crippen LogP contribution in [-0.4, -0.2) is 48.8 Å². The predicted octanol–water partition coefficient (Wildman–Crippen LogP) is 6.52. The second kappa shape index (κ2) is 14.8. The lowest BCUT2D eigenvalue weighted by Crippen LogP contribution is -2.32. The van der Waals surface area contributed by atoms with E-state index in [0.29, 0.717) is 28.8 Å². The van der Waals surface area contributed by atoms with Crippen molar-refractivity contribution in [2.45, 2.75) is 73.6 Å². The summed E-state index contributed by atoms with van der Waals surface area (Å²) in [4.78, 5) is 55.9. The van der Waals surface area contributed by atoms with Gasteiger partial charge in [0.25, 0.3) is 0 Å². The minimum absolute atomic E-state index is 0.00960. The molecule has 1 heterocycles. The van der Waals surface area contributed by atoms with Crippen LogP contribution in [0.1, 0.15) is 93.8 Å². The number of nitrogens with one attached hydrogen (secondary N) is 1. The first-order valence-corrected chi connectivity index (χ1v) is 14.7. The number of esters is 3. The number of nitrogens with zero attached hydrogens (tertiary/aromatic N) is 1. The van der Waals surface area contributed by atoms with Gasteiger partial charge in [-0.15, -0.1) is 0 Å². The molecule has 0 bridgehead atoms. The number of ether oxygens (including phenoxy) is 4. The third-order valence-corrected chi connectivity index (χ3v) is 6.78. The molecule has 240 valence electrons. The predicted molar refractivity (Wildman–Crippen MR) is 169 cm³/mol. The first kappa shape index (κ1) is 34.8. The minimum Gasteiger partial charge on any atom is -0.465 e. The molecule has 10 nitrogen and oxygen atoms in total. The third-order valence-electron chi connectivity index (χ3n) is 6.78. The largest absolute Gasteiger partial charge is 0.465 e. The number of aryl methyl sites for hydroxylation is 2. The molecule has 0 saturated heterocycles. The standard InChI is InChI=1S/C35H42N2O8/c1-20(2)16-28-27(18-36-34(41)45-35(5,6)7)30(24-13-10-21(3)11-14-24)29(22(4)37-28)33(40)44-19-23-12-15-25(31(38)42-8)26(17-23)32(39)43-9/h10-15,17,20H,16,18-19H2,1-9H3,(H,36,41). The Kier molecular flexibility index (Phi) is 11.5. The Morgan fingerprint density at radius 2 is 1.49 bits per heavy atom. The van der Waals surface area contributed by atoms with E-state index in [0.717, 1.165) is 16.8 Å². The average Bonchev–Trinajstić information content (AvgIpc) is 2.97. The van der Waals surface area contributed by atoms with Crippen LogP contribution in [0.2, 0.25) is 0 Å². The van der Waals surface area contributed by atoms with Crippen LogP contribution in [0.15, 0.2) is 42.5 Å². The molecule has 10 heteroatoms. The van der Waals surface area contributed by atoms with Crippen LogP contribution in [0.3, 0.4) is 0 Å². The van der Waals surface area contributed by atoms with E-state index in [1.54, 1.807) is 33.8 Å². The summed E-state index contributed by atoms with van der Waals surface area (Å²) in [5.74, 6) is -1.81. The van der Waals surface area contributed by atoms with Crippen LogP contribution in [0, 0.1) is 19.8 Å². The van der Waals surface area contributed by atoms with Gasteiger partial charge in [-0.05, 0) is 70.2 Å². The van der Waals surface area contributed by atoms with Crippen LogP contribution in [0.25, 0.3) is 11.1 Å². The molecule has 0 atom stereocenters. The van der Waals surface area contributed by atoms with Gasteiger partial charge in [0.1, 0.15) is 12.2 Å². The number of carbonyl (C=O) groups excluding carboxylic acids is 4. The lowest BCUT2D eigenvalue weighted by molar-refractivity contribution is 0.0470. The van der Waals surface area contributed by atoms with Crippen molar-refractivity contribution in [2.75, 3.05) is 14.2 Å². The first-order valence-electron chi connectivity index (χ1n) is 14.7. The molecule has 0 unspecified atom stereocenters. The highest BCUT2D eigenvalue weighted by atomic mass is 16.6. The number of alkyl carbamates (subject to hydrolysis) is 1. The summed E-state index contributed by atoms with van der Waals surface area (Å²) in [6.45, 7) is 13.1. The summed E-state index contributed by atoms with van der Waals surface area (Å²) in [6, 6.07) is 12.2. The lowest BCUT2D eigenvalue weighted by Gasteiger charge is -2.23. The monoisotopic (exact) mass is 618 g/mol. The Morgan fingerprint density at radius 3 is 2.07 bits per heavy atom. The fourth-order valence-electron chi connectivity index (χ4n) is 4.78. The highest BCUT2D eigenvalue weighted by Crippen LogP contribution is 2.34. The Balaban J connectivity index is 2.10. The molecule has 3 aromatic rings. The van der Waals surface area contributed by atoms with E-state index in [-0.39, 0.29) is 35.8 Å². The Bertz CT molecular complexity index is 1570. The molecule has 2 aromatic carbocycles. The zero-order valence-electron chi connectivity index (χ0n) is 27.5. The van der Waals surface area contributed by atoms with E-state index < -0.39 is 29.6 Å². The van der Waals surface area contributed by atoms with Gasteiger partial charge in [-0.25, -0.2) is 19.2 Å². The number of pyridine rings is 1. The van der Waals surface area contributed by atoms with Crippen molar-refractivity contribution in [3.05, 3.63) is 87.2 Å². The molecule has 0 fully saturated rings. The quantitative estimate of drug-likeness (QED) is 0.199. The average molecular weight is 619 g/mol. The Labute approximate surface area is 264 Å². The van der Waals surface area contributed by atoms with Gasteiger partial charge in [0, 0.05) is 23.4 Å². The van der Waals surface area contributed by atoms with Gasteiger partial charge >= 0.3 is 24.0 Å². The fraction of sp³-hybridized carbons (Fsp3) is 0.400. The highest BCUT2D eigenvalue weighted by molar-refractivity contribution is 6.03. The maximum absolute atomic E-state index is 13.9. The van der Waals surface area contributed by atoms with E-state index in [2.05, 4.69) is 19.2 Å². The SMILES string of the molecule is COC(=O)c1ccc(COC(=O)c2c(C)nc(CC(C)C)c(CNC(=O)OC(C)(C)C)c2-c2ccc(C)cc2)cc1C(=O)OC. The maximum atomic E-state index is 13.9. The number of aromatic nitrogens is 1. The number of benzene rings is 2. The molecular weight excluding hydrogens is 576 g/mol. The van der Waals surface area contributed by atoms with E-state index >= 15 is 0 Å². The van der Waals surface area contributed by atoms with Crippen LogP contribution in [0.5, 0.6) is 0 Å². The van der Waals surface area contributed by atoms with Gasteiger partial charge < -0.3 is 24.3 Å². The number of amides is 1. The topological polar surface area (TPSA) is 130 Å². The van der Waals surface area contributed by atoms with Gasteiger partial charge in [0.05, 0.1) is 36.6 Å². The molecule has 0 radical (unpaired) electrons. The van der Waals surface area contributed by atoms with Gasteiger partial charge in [-0.1, -0.05) is 49.7 Å². The second-order valence-electron chi connectivity index (χ2n) is 12.1. The maximum Gasteiger partial charge on any atom is 0.407 e. The molecule has 1 aromatic heterocycles. The third kappa shape index (κ3) is 9.14. The highest BCUT2D eigenvalue weighted by Gasteiger charge is 2.27. The number of carbonyl (C=O) groups is 4. The van der Waals surface area contributed by atoms with Crippen molar-refractivity contribution < 1.29 is 38.1 Å². The molecular formula is C35H42N2O8. The summed E-state index contributed by atoms with van der Waals surface area (Å²) in [6.07, 6.45) is 0.0257. The minimum atomic E-state index is -0.729. The van der Waals surface area contributed by atoms with Crippen molar-refractivity contribution in [2.24, 2.45) is 5.92 Å². The molecule has 3 rings (SSSR count). The number of rotatable bonds is 10. The molecule has 45 heavy (non-hydrogen) atoms. The van der Waals surface area contributed by atoms with E-state index in [9.17, 15) is 19.2 Å². The van der Waals surface area contributed by atoms with E-state index in [1.165, 1.54) is 26.4 Å². The van der Waals surface area contributed by atoms with Crippen molar-refractivity contribution in [1.29, 1.82) is 0 Å². The van der Waals surface area contributed by atoms with E-state index in [1.807, 2.05) is 31.2 Å². The van der Waals surface area contributed by atoms with Gasteiger partial charge in [-0.2, -0.15) is 0 Å². The van der Waals surface area contributed by atoms with Crippen molar-refractivity contribution >= 4 is 24.0 Å². The summed E-state index contributed by atoms with van der Waals surface area (Å²) in [5.41, 5.74) is 4.38. The van der Waals surface area contributed by atoms with Crippen molar-refractivity contribution in [3.63, 3.8) is 0 Å². The van der Waals surface area contributed by atoms with Crippen molar-refractivity contribution in [1.82, 2.24) is 10.3 Å². The summed E-state index contributed by atoms with van der Waals surface area (Å²) in [7, 11) is 2.42. The van der Waals surface area contributed by atoms with Gasteiger partial charge in [-0.3, -0.25) is 4.98 Å². The van der Waals surface area contributed by atoms with Crippen molar-refractivity contribution in [3.8, 4) is 11.1 Å². The second-order valence-corrected chi connectivity index (χ2v) is 12.1. The summed E-state index contributed by atoms with van der Waals surface area (Å²) in [5, 5.41) is 2.84. The van der Waals surface area contributed by atoms with Crippen LogP contribution in [0.4, 0.5) is 4.79 Å². The zero-order chi connectivity index (χ0) is 33.5. The summed E-state index contributed by atoms with van der Waals surface area (Å²) >= 11 is 0. The fourth-order valence-corrected chi connectivity index (χ4v) is 4.78. The molecule has 1 amide bonds. The number of hydrogen-bond donors (Lipinski definition) is 1. The van der Waals surface area contributed by atoms with E-state index in [4.69, 9.17) is 23.9 Å². The molecule has 0 spiro atoms. The smallest absolute Gasteiger partial charge is 0.407 e. The first-order chi connectivity index (χ1) is 21.1. The van der Waals surface area contributed by atoms with Crippen LogP contribution < -0.4 is 5.32 Å². The zero-order valence-corrected chi connectivity index (χ0v) is 27.5. The van der Waals surface area contributed by atoms with Gasteiger partial charge in [0.2, 0.25) is 0 Å². The molecule has 0 aliphatic rings. The molecule has 0 aliphatic heterocycles. The number of methoxy groups -OCH3 is 2. The van der Waals surface area contributed by atoms with Gasteiger partial charge in [0.15, 0.2) is 0 Å². The molecule has 0 saturated carbocycles. The Hall–Kier alpha value is -4.73. The number of hydrogen-bond acceptors (Lipinski definition) is 9. The lowest BCUT2D eigenvalue weighted by atomic mass is 9.89. The molecule has 0 aliphatic carbocycles. The molecule has 1 N–H and O–H groups in total.